The Morgan fingerprint density at radius 1 is 1.00 bits per heavy atom. The van der Waals surface area contributed by atoms with E-state index in [-0.39, 0.29) is 25.0 Å². The smallest absolute Gasteiger partial charge is 0.407 e. The van der Waals surface area contributed by atoms with Crippen molar-refractivity contribution in [1.82, 2.24) is 10.2 Å². The molecule has 2 amide bonds. The quantitative estimate of drug-likeness (QED) is 0.593. The van der Waals surface area contributed by atoms with E-state index in [0.717, 1.165) is 22.3 Å². The first kappa shape index (κ1) is 24.3. The number of ether oxygens (including phenoxy) is 1. The van der Waals surface area contributed by atoms with Crippen molar-refractivity contribution in [2.24, 2.45) is 5.92 Å². The van der Waals surface area contributed by atoms with E-state index in [1.54, 1.807) is 6.92 Å². The second kappa shape index (κ2) is 10.5. The van der Waals surface area contributed by atoms with Crippen molar-refractivity contribution >= 4 is 18.0 Å². The summed E-state index contributed by atoms with van der Waals surface area (Å²) in [6.07, 6.45) is -0.304. The average Bonchev–Trinajstić information content (AvgIpc) is 3.11. The van der Waals surface area contributed by atoms with Crippen LogP contribution in [0.15, 0.2) is 48.5 Å². The Hall–Kier alpha value is -3.35. The topological polar surface area (TPSA) is 95.9 Å². The maximum atomic E-state index is 13.1. The molecule has 0 saturated carbocycles. The van der Waals surface area contributed by atoms with E-state index in [9.17, 15) is 19.5 Å². The number of carboxylic acids is 1. The molecule has 2 atom stereocenters. The van der Waals surface area contributed by atoms with Gasteiger partial charge in [0.15, 0.2) is 0 Å². The van der Waals surface area contributed by atoms with Crippen molar-refractivity contribution in [3.8, 4) is 11.1 Å². The second-order valence-corrected chi connectivity index (χ2v) is 8.79. The van der Waals surface area contributed by atoms with Gasteiger partial charge in [-0.3, -0.25) is 4.79 Å². The second-order valence-electron chi connectivity index (χ2n) is 8.79. The first-order valence-corrected chi connectivity index (χ1v) is 11.4. The number of benzene rings is 2. The first-order valence-electron chi connectivity index (χ1n) is 11.4. The van der Waals surface area contributed by atoms with Crippen molar-refractivity contribution < 1.29 is 24.2 Å². The van der Waals surface area contributed by atoms with Gasteiger partial charge in [-0.25, -0.2) is 9.59 Å². The van der Waals surface area contributed by atoms with Crippen molar-refractivity contribution in [3.63, 3.8) is 0 Å². The normalized spacial score (nSPS) is 14.2. The summed E-state index contributed by atoms with van der Waals surface area (Å²) in [5, 5.41) is 12.0. The molecule has 0 fully saturated rings. The molecule has 1 aliphatic carbocycles. The minimum Gasteiger partial charge on any atom is -0.480 e. The fourth-order valence-electron chi connectivity index (χ4n) is 4.43. The van der Waals surface area contributed by atoms with E-state index >= 15 is 0 Å². The highest BCUT2D eigenvalue weighted by Crippen LogP contribution is 2.44. The first-order chi connectivity index (χ1) is 15.7. The number of likely N-dealkylation sites (N-methyl/N-ethyl adjacent to an activating group) is 1. The molecule has 0 radical (unpaired) electrons. The largest absolute Gasteiger partial charge is 0.480 e. The minimum atomic E-state index is -1.09. The molecule has 33 heavy (non-hydrogen) atoms. The summed E-state index contributed by atoms with van der Waals surface area (Å²) in [4.78, 5) is 38.5. The molecule has 1 unspecified atom stereocenters. The molecule has 176 valence electrons. The highest BCUT2D eigenvalue weighted by atomic mass is 16.5. The van der Waals surface area contributed by atoms with E-state index in [1.807, 2.05) is 50.2 Å². The SMILES string of the molecule is CCN(C(=O)[C@@H](CC(C)C)NC(=O)OCC1c2ccccc2-c2ccccc21)C(C)C(=O)O. The van der Waals surface area contributed by atoms with Crippen LogP contribution >= 0.6 is 0 Å². The Bertz CT molecular complexity index is 974. The van der Waals surface area contributed by atoms with Crippen LogP contribution in [-0.4, -0.2) is 53.2 Å². The predicted octanol–water partition coefficient (Wildman–Crippen LogP) is 4.26. The lowest BCUT2D eigenvalue weighted by molar-refractivity contribution is -0.150. The number of amides is 2. The molecule has 0 aromatic heterocycles. The number of nitrogens with zero attached hydrogens (tertiary/aromatic N) is 1. The molecule has 1 aliphatic rings. The molecule has 0 bridgehead atoms. The predicted molar refractivity (Wildman–Crippen MR) is 126 cm³/mol. The van der Waals surface area contributed by atoms with Crippen molar-refractivity contribution in [1.29, 1.82) is 0 Å². The monoisotopic (exact) mass is 452 g/mol. The summed E-state index contributed by atoms with van der Waals surface area (Å²) in [7, 11) is 0. The number of aliphatic carboxylic acids is 1. The van der Waals surface area contributed by atoms with Gasteiger partial charge in [-0.15, -0.1) is 0 Å². The number of hydrogen-bond acceptors (Lipinski definition) is 4. The summed E-state index contributed by atoms with van der Waals surface area (Å²) in [6.45, 7) is 7.44. The Labute approximate surface area is 194 Å². The lowest BCUT2D eigenvalue weighted by atomic mass is 9.98. The molecular formula is C26H32N2O5. The Balaban J connectivity index is 1.71. The van der Waals surface area contributed by atoms with Gasteiger partial charge in [0.05, 0.1) is 0 Å². The van der Waals surface area contributed by atoms with Gasteiger partial charge in [0, 0.05) is 12.5 Å². The van der Waals surface area contributed by atoms with E-state index in [0.29, 0.717) is 6.42 Å². The number of carbonyl (C=O) groups is 3. The van der Waals surface area contributed by atoms with Crippen LogP contribution in [-0.2, 0) is 14.3 Å². The van der Waals surface area contributed by atoms with Crippen LogP contribution in [0.2, 0.25) is 0 Å². The van der Waals surface area contributed by atoms with Gasteiger partial charge >= 0.3 is 12.1 Å². The number of alkyl carbamates (subject to hydrolysis) is 1. The van der Waals surface area contributed by atoms with Gasteiger partial charge < -0.3 is 20.1 Å². The van der Waals surface area contributed by atoms with Gasteiger partial charge in [0.2, 0.25) is 5.91 Å². The van der Waals surface area contributed by atoms with E-state index in [2.05, 4.69) is 17.4 Å². The zero-order valence-electron chi connectivity index (χ0n) is 19.6. The van der Waals surface area contributed by atoms with Gasteiger partial charge in [-0.2, -0.15) is 0 Å². The number of rotatable bonds is 9. The number of carbonyl (C=O) groups excluding carboxylic acids is 2. The lowest BCUT2D eigenvalue weighted by Crippen LogP contribution is -2.53. The summed E-state index contributed by atoms with van der Waals surface area (Å²) in [5.41, 5.74) is 4.48. The molecule has 0 heterocycles. The summed E-state index contributed by atoms with van der Waals surface area (Å²) in [6, 6.07) is 14.3. The maximum Gasteiger partial charge on any atom is 0.407 e. The van der Waals surface area contributed by atoms with Gasteiger partial charge in [0.25, 0.3) is 0 Å². The molecule has 7 nitrogen and oxygen atoms in total. The van der Waals surface area contributed by atoms with E-state index < -0.39 is 30.1 Å². The van der Waals surface area contributed by atoms with Gasteiger partial charge in [-0.1, -0.05) is 62.4 Å². The molecule has 2 N–H and O–H groups in total. The number of fused-ring (bicyclic) bond motifs is 3. The fraction of sp³-hybridized carbons (Fsp3) is 0.423. The van der Waals surface area contributed by atoms with Crippen LogP contribution in [0, 0.1) is 5.92 Å². The molecule has 0 spiro atoms. The fourth-order valence-corrected chi connectivity index (χ4v) is 4.43. The highest BCUT2D eigenvalue weighted by molar-refractivity contribution is 5.89. The van der Waals surface area contributed by atoms with Gasteiger partial charge in [-0.05, 0) is 48.4 Å². The average molecular weight is 453 g/mol. The summed E-state index contributed by atoms with van der Waals surface area (Å²) >= 11 is 0. The third kappa shape index (κ3) is 5.35. The molecule has 0 saturated heterocycles. The molecule has 2 aromatic rings. The van der Waals surface area contributed by atoms with Crippen LogP contribution in [0.5, 0.6) is 0 Å². The third-order valence-electron chi connectivity index (χ3n) is 6.09. The minimum absolute atomic E-state index is 0.0819. The summed E-state index contributed by atoms with van der Waals surface area (Å²) in [5.74, 6) is -1.47. The molecular weight excluding hydrogens is 420 g/mol. The van der Waals surface area contributed by atoms with Crippen LogP contribution in [0.4, 0.5) is 4.79 Å². The van der Waals surface area contributed by atoms with Gasteiger partial charge in [0.1, 0.15) is 18.7 Å². The number of nitrogens with one attached hydrogen (secondary N) is 1. The molecule has 0 aliphatic heterocycles. The summed E-state index contributed by atoms with van der Waals surface area (Å²) < 4.78 is 5.59. The highest BCUT2D eigenvalue weighted by Gasteiger charge is 2.33. The van der Waals surface area contributed by atoms with Crippen LogP contribution in [0.3, 0.4) is 0 Å². The zero-order valence-corrected chi connectivity index (χ0v) is 19.6. The molecule has 7 heteroatoms. The lowest BCUT2D eigenvalue weighted by Gasteiger charge is -2.30. The standard InChI is InChI=1S/C26H32N2O5/c1-5-28(17(4)25(30)31)24(29)23(14-16(2)3)27-26(32)33-15-22-20-12-8-6-10-18(20)19-11-7-9-13-21(19)22/h6-13,16-17,22-23H,5,14-15H2,1-4H3,(H,27,32)(H,30,31)/t17?,23-/m1/s1. The molecule has 2 aromatic carbocycles. The Morgan fingerprint density at radius 2 is 1.55 bits per heavy atom. The van der Waals surface area contributed by atoms with Crippen LogP contribution in [0.1, 0.15) is 51.2 Å². The number of hydrogen-bond donors (Lipinski definition) is 2. The Kier molecular flexibility index (Phi) is 7.74. The molecule has 3 rings (SSSR count). The maximum absolute atomic E-state index is 13.1. The van der Waals surface area contributed by atoms with Crippen LogP contribution in [0.25, 0.3) is 11.1 Å². The van der Waals surface area contributed by atoms with Crippen molar-refractivity contribution in [2.45, 2.75) is 52.1 Å². The third-order valence-corrected chi connectivity index (χ3v) is 6.09. The van der Waals surface area contributed by atoms with E-state index in [1.165, 1.54) is 11.8 Å². The van der Waals surface area contributed by atoms with Crippen LogP contribution < -0.4 is 5.32 Å². The van der Waals surface area contributed by atoms with Crippen molar-refractivity contribution in [2.75, 3.05) is 13.2 Å². The van der Waals surface area contributed by atoms with E-state index in [4.69, 9.17) is 4.74 Å². The zero-order chi connectivity index (χ0) is 24.1. The Morgan fingerprint density at radius 3 is 2.03 bits per heavy atom. The van der Waals surface area contributed by atoms with Crippen molar-refractivity contribution in [3.05, 3.63) is 59.7 Å². The number of carboxylic acid groups (broad SMARTS) is 1.